The van der Waals surface area contributed by atoms with Crippen molar-refractivity contribution in [2.24, 2.45) is 10.2 Å². The maximum absolute atomic E-state index is 11.8. The van der Waals surface area contributed by atoms with Crippen molar-refractivity contribution >= 4 is 67.5 Å². The second kappa shape index (κ2) is 9.76. The maximum atomic E-state index is 11.8. The van der Waals surface area contributed by atoms with E-state index in [1.807, 2.05) is 24.3 Å². The molecule has 0 unspecified atom stereocenters. The summed E-state index contributed by atoms with van der Waals surface area (Å²) in [5.41, 5.74) is 8.53. The molecule has 32 heavy (non-hydrogen) atoms. The van der Waals surface area contributed by atoms with Crippen molar-refractivity contribution in [2.45, 2.75) is 4.90 Å². The zero-order valence-electron chi connectivity index (χ0n) is 16.4. The second-order valence-electron chi connectivity index (χ2n) is 6.63. The Balaban J connectivity index is 0.00000289. The van der Waals surface area contributed by atoms with E-state index >= 15 is 0 Å². The number of ether oxygens (including phenoxy) is 1. The molecule has 0 radical (unpaired) electrons. The Bertz CT molecular complexity index is 1410. The summed E-state index contributed by atoms with van der Waals surface area (Å²) in [5, 5.41) is 8.98. The molecule has 0 amide bonds. The first-order chi connectivity index (χ1) is 14.9. The number of rotatable bonds is 5. The summed E-state index contributed by atoms with van der Waals surface area (Å²) >= 11 is 0. The molecule has 0 fully saturated rings. The number of nitrogens with zero attached hydrogens (tertiary/aromatic N) is 3. The van der Waals surface area contributed by atoms with Crippen molar-refractivity contribution in [3.63, 3.8) is 0 Å². The van der Waals surface area contributed by atoms with Crippen LogP contribution < -0.4 is 10.5 Å². The van der Waals surface area contributed by atoms with E-state index in [1.54, 1.807) is 43.5 Å². The van der Waals surface area contributed by atoms with Crippen LogP contribution in [-0.4, -0.2) is 54.6 Å². The normalized spacial score (nSPS) is 11.4. The number of hydrogen-bond donors (Lipinski definition) is 2. The van der Waals surface area contributed by atoms with E-state index in [0.29, 0.717) is 27.9 Å². The van der Waals surface area contributed by atoms with Crippen LogP contribution in [0.2, 0.25) is 0 Å². The first-order valence-corrected chi connectivity index (χ1v) is 10.6. The van der Waals surface area contributed by atoms with Crippen LogP contribution in [0.4, 0.5) is 17.1 Å². The molecule has 4 aromatic rings. The van der Waals surface area contributed by atoms with Gasteiger partial charge in [-0.3, -0.25) is 9.54 Å². The molecule has 158 valence electrons. The van der Waals surface area contributed by atoms with Crippen LogP contribution in [0.25, 0.3) is 22.0 Å². The van der Waals surface area contributed by atoms with Gasteiger partial charge in [-0.05, 0) is 30.3 Å². The molecule has 0 aliphatic carbocycles. The summed E-state index contributed by atoms with van der Waals surface area (Å²) in [7, 11) is -2.88. The molecule has 0 spiro atoms. The predicted molar refractivity (Wildman–Crippen MR) is 126 cm³/mol. The van der Waals surface area contributed by atoms with E-state index in [2.05, 4.69) is 15.2 Å². The Labute approximate surface area is 207 Å². The van der Waals surface area contributed by atoms with Crippen molar-refractivity contribution in [2.75, 3.05) is 12.8 Å². The van der Waals surface area contributed by atoms with Gasteiger partial charge in [-0.1, -0.05) is 36.4 Å². The van der Waals surface area contributed by atoms with Crippen molar-refractivity contribution < 1.29 is 17.7 Å². The summed E-state index contributed by atoms with van der Waals surface area (Å²) in [4.78, 5) is 4.12. The molecular formula is C22H19N4NaO4S. The number of methoxy groups -OCH3 is 1. The third-order valence-corrected chi connectivity index (χ3v) is 5.60. The van der Waals surface area contributed by atoms with Crippen molar-refractivity contribution in [3.8, 4) is 17.0 Å². The fraction of sp³-hybridized carbons (Fsp3) is 0.0455. The Kier molecular flexibility index (Phi) is 7.27. The molecule has 0 saturated carbocycles. The van der Waals surface area contributed by atoms with Gasteiger partial charge in [0, 0.05) is 16.3 Å². The molecule has 0 saturated heterocycles. The molecule has 4 rings (SSSR count). The molecule has 0 bridgehead atoms. The molecule has 1 heterocycles. The van der Waals surface area contributed by atoms with Crippen LogP contribution in [0.5, 0.6) is 5.75 Å². The first kappa shape index (κ1) is 23.8. The average Bonchev–Trinajstić information content (AvgIpc) is 2.78. The summed E-state index contributed by atoms with van der Waals surface area (Å²) in [6.07, 6.45) is 1.53. The third-order valence-electron chi connectivity index (χ3n) is 4.71. The first-order valence-electron chi connectivity index (χ1n) is 9.18. The van der Waals surface area contributed by atoms with Gasteiger partial charge in [0.05, 0.1) is 24.7 Å². The van der Waals surface area contributed by atoms with Crippen LogP contribution in [0.3, 0.4) is 0 Å². The number of anilines is 1. The van der Waals surface area contributed by atoms with Crippen molar-refractivity contribution in [1.82, 2.24) is 4.98 Å². The van der Waals surface area contributed by atoms with Crippen LogP contribution in [-0.2, 0) is 10.1 Å². The quantitative estimate of drug-likeness (QED) is 0.196. The summed E-state index contributed by atoms with van der Waals surface area (Å²) < 4.78 is 38.6. The van der Waals surface area contributed by atoms with Crippen LogP contribution >= 0.6 is 0 Å². The molecule has 8 nitrogen and oxygen atoms in total. The number of fused-ring (bicyclic) bond motifs is 1. The van der Waals surface area contributed by atoms with E-state index in [1.165, 1.54) is 12.3 Å². The minimum absolute atomic E-state index is 0. The fourth-order valence-corrected chi connectivity index (χ4v) is 3.94. The van der Waals surface area contributed by atoms with Gasteiger partial charge >= 0.3 is 29.6 Å². The summed E-state index contributed by atoms with van der Waals surface area (Å²) in [5.74, 6) is 0.700. The standard InChI is InChI=1S/C22H18N4O4S.Na.H/c1-30-20-9-5-4-8-17(20)18-11-10-14(13-24-18)25-26-19-12-21(31(27,28)29)15-6-2-3-7-16(15)22(19)23;;/h2-13H,23H2,1H3,(H,27,28,29);;/b26-25+;;. The number of para-hydroxylation sites is 1. The molecule has 10 heteroatoms. The van der Waals surface area contributed by atoms with Crippen molar-refractivity contribution in [3.05, 3.63) is 72.9 Å². The van der Waals surface area contributed by atoms with Gasteiger partial charge in [-0.2, -0.15) is 8.42 Å². The van der Waals surface area contributed by atoms with Crippen LogP contribution in [0, 0.1) is 0 Å². The predicted octanol–water partition coefficient (Wildman–Crippen LogP) is 4.51. The SMILES string of the molecule is COc1ccccc1-c1ccc(/N=N/c2cc(S(=O)(=O)O)c3ccccc3c2N)cn1.[NaH]. The molecular weight excluding hydrogens is 439 g/mol. The summed E-state index contributed by atoms with van der Waals surface area (Å²) in [6.45, 7) is 0. The van der Waals surface area contributed by atoms with Gasteiger partial charge in [-0.15, -0.1) is 10.2 Å². The average molecular weight is 458 g/mol. The topological polar surface area (TPSA) is 127 Å². The van der Waals surface area contributed by atoms with Gasteiger partial charge in [0.2, 0.25) is 0 Å². The third kappa shape index (κ3) is 4.82. The van der Waals surface area contributed by atoms with E-state index in [9.17, 15) is 13.0 Å². The Morgan fingerprint density at radius 1 is 0.969 bits per heavy atom. The Hall–Kier alpha value is -2.82. The molecule has 3 N–H and O–H groups in total. The second-order valence-corrected chi connectivity index (χ2v) is 8.02. The van der Waals surface area contributed by atoms with E-state index in [-0.39, 0.29) is 45.8 Å². The number of pyridine rings is 1. The molecule has 1 aromatic heterocycles. The van der Waals surface area contributed by atoms with E-state index in [0.717, 1.165) is 5.56 Å². The van der Waals surface area contributed by atoms with E-state index in [4.69, 9.17) is 10.5 Å². The number of benzene rings is 3. The zero-order chi connectivity index (χ0) is 22.0. The number of nitrogen functional groups attached to an aromatic ring is 1. The van der Waals surface area contributed by atoms with Gasteiger partial charge < -0.3 is 10.5 Å². The molecule has 0 atom stereocenters. The Morgan fingerprint density at radius 2 is 1.66 bits per heavy atom. The number of aromatic nitrogens is 1. The molecule has 0 aliphatic rings. The number of hydrogen-bond acceptors (Lipinski definition) is 7. The minimum atomic E-state index is -4.48. The number of nitrogens with two attached hydrogens (primary N) is 1. The fourth-order valence-electron chi connectivity index (χ4n) is 3.22. The summed E-state index contributed by atoms with van der Waals surface area (Å²) in [6, 6.07) is 18.8. The van der Waals surface area contributed by atoms with Crippen LogP contribution in [0.15, 0.2) is 88.1 Å². The molecule has 0 aliphatic heterocycles. The number of azo groups is 1. The van der Waals surface area contributed by atoms with Gasteiger partial charge in [0.1, 0.15) is 22.0 Å². The molecule has 3 aromatic carbocycles. The van der Waals surface area contributed by atoms with Gasteiger partial charge in [-0.25, -0.2) is 0 Å². The monoisotopic (exact) mass is 458 g/mol. The zero-order valence-corrected chi connectivity index (χ0v) is 17.2. The van der Waals surface area contributed by atoms with E-state index < -0.39 is 10.1 Å². The van der Waals surface area contributed by atoms with Crippen LogP contribution in [0.1, 0.15) is 0 Å². The van der Waals surface area contributed by atoms with Gasteiger partial charge in [0.25, 0.3) is 10.1 Å². The Morgan fingerprint density at radius 3 is 2.31 bits per heavy atom. The van der Waals surface area contributed by atoms with Gasteiger partial charge in [0.15, 0.2) is 0 Å². The van der Waals surface area contributed by atoms with Crippen molar-refractivity contribution in [1.29, 1.82) is 0 Å².